The number of piperidine rings is 1. The molecule has 2 saturated heterocycles. The summed E-state index contributed by atoms with van der Waals surface area (Å²) in [5.41, 5.74) is 0. The second kappa shape index (κ2) is 8.30. The molecule has 0 bridgehead atoms. The maximum Gasteiger partial charge on any atom is 0.222 e. The molecule has 0 atom stereocenters. The first-order valence-corrected chi connectivity index (χ1v) is 9.46. The Morgan fingerprint density at radius 1 is 0.909 bits per heavy atom. The maximum atomic E-state index is 11.8. The van der Waals surface area contributed by atoms with Crippen molar-refractivity contribution in [3.63, 3.8) is 0 Å². The number of amides is 1. The number of carbonyl (C=O) groups excluding carboxylic acids is 1. The molecule has 4 nitrogen and oxygen atoms in total. The summed E-state index contributed by atoms with van der Waals surface area (Å²) in [7, 11) is 0. The average molecular weight is 308 g/mol. The van der Waals surface area contributed by atoms with Crippen molar-refractivity contribution in [3.05, 3.63) is 0 Å². The predicted octanol–water partition coefficient (Wildman–Crippen LogP) is 2.81. The highest BCUT2D eigenvalue weighted by atomic mass is 16.5. The van der Waals surface area contributed by atoms with E-state index in [2.05, 4.69) is 9.80 Å². The van der Waals surface area contributed by atoms with Gasteiger partial charge in [0.05, 0.1) is 12.7 Å². The average Bonchev–Trinajstić information content (AvgIpc) is 2.81. The van der Waals surface area contributed by atoms with Crippen molar-refractivity contribution >= 4 is 5.91 Å². The molecular formula is C18H32N2O2. The molecule has 2 heterocycles. The van der Waals surface area contributed by atoms with E-state index in [1.807, 2.05) is 0 Å². The summed E-state index contributed by atoms with van der Waals surface area (Å²) in [6, 6.07) is 0.508. The van der Waals surface area contributed by atoms with Crippen molar-refractivity contribution < 1.29 is 9.53 Å². The minimum Gasteiger partial charge on any atom is -0.377 e. The Kier molecular flexibility index (Phi) is 6.13. The van der Waals surface area contributed by atoms with E-state index in [1.54, 1.807) is 0 Å². The minimum absolute atomic E-state index is 0.384. The van der Waals surface area contributed by atoms with Gasteiger partial charge < -0.3 is 14.5 Å². The second-order valence-electron chi connectivity index (χ2n) is 7.25. The number of ether oxygens (including phenoxy) is 1. The lowest BCUT2D eigenvalue weighted by molar-refractivity contribution is -0.130. The molecular weight excluding hydrogens is 276 g/mol. The summed E-state index contributed by atoms with van der Waals surface area (Å²) in [5.74, 6) is 0.384. The Labute approximate surface area is 135 Å². The Hall–Kier alpha value is -0.610. The van der Waals surface area contributed by atoms with Crippen LogP contribution in [-0.2, 0) is 9.53 Å². The maximum absolute atomic E-state index is 11.8. The fourth-order valence-electron chi connectivity index (χ4n) is 4.27. The number of rotatable bonds is 5. The molecule has 3 aliphatic rings. The third-order valence-electron chi connectivity index (χ3n) is 5.67. The van der Waals surface area contributed by atoms with Gasteiger partial charge in [0.1, 0.15) is 0 Å². The van der Waals surface area contributed by atoms with Gasteiger partial charge in [0.2, 0.25) is 5.91 Å². The molecule has 0 aromatic rings. The number of likely N-dealkylation sites (tertiary alicyclic amines) is 2. The van der Waals surface area contributed by atoms with Crippen LogP contribution in [0.5, 0.6) is 0 Å². The van der Waals surface area contributed by atoms with Crippen LogP contribution in [0.2, 0.25) is 0 Å². The first kappa shape index (κ1) is 16.3. The van der Waals surface area contributed by atoms with Crippen LogP contribution in [-0.4, -0.2) is 60.6 Å². The second-order valence-corrected chi connectivity index (χ2v) is 7.25. The van der Waals surface area contributed by atoms with Gasteiger partial charge in [-0.15, -0.1) is 0 Å². The predicted molar refractivity (Wildman–Crippen MR) is 87.9 cm³/mol. The highest BCUT2D eigenvalue weighted by Crippen LogP contribution is 2.22. The molecule has 0 aromatic carbocycles. The van der Waals surface area contributed by atoms with E-state index < -0.39 is 0 Å². The van der Waals surface area contributed by atoms with Gasteiger partial charge >= 0.3 is 0 Å². The zero-order valence-corrected chi connectivity index (χ0v) is 14.0. The monoisotopic (exact) mass is 308 g/mol. The standard InChI is InChI=1S/C18H32N2O2/c21-18-8-5-11-20(18)16-9-12-19(13-10-16)14-15-22-17-6-3-1-2-4-7-17/h16-17H,1-15H2. The van der Waals surface area contributed by atoms with Crippen molar-refractivity contribution in [1.29, 1.82) is 0 Å². The van der Waals surface area contributed by atoms with E-state index >= 15 is 0 Å². The highest BCUT2D eigenvalue weighted by Gasteiger charge is 2.30. The fraction of sp³-hybridized carbons (Fsp3) is 0.944. The van der Waals surface area contributed by atoms with Gasteiger partial charge in [0.15, 0.2) is 0 Å². The molecule has 126 valence electrons. The third-order valence-corrected chi connectivity index (χ3v) is 5.67. The van der Waals surface area contributed by atoms with E-state index in [4.69, 9.17) is 4.74 Å². The number of carbonyl (C=O) groups is 1. The molecule has 3 rings (SSSR count). The van der Waals surface area contributed by atoms with E-state index in [-0.39, 0.29) is 0 Å². The van der Waals surface area contributed by atoms with Crippen molar-refractivity contribution in [2.24, 2.45) is 0 Å². The summed E-state index contributed by atoms with van der Waals surface area (Å²) in [4.78, 5) is 16.5. The van der Waals surface area contributed by atoms with Crippen LogP contribution >= 0.6 is 0 Å². The summed E-state index contributed by atoms with van der Waals surface area (Å²) < 4.78 is 6.10. The Balaban J connectivity index is 1.31. The Bertz CT molecular complexity index is 345. The van der Waals surface area contributed by atoms with Gasteiger partial charge in [-0.25, -0.2) is 0 Å². The van der Waals surface area contributed by atoms with E-state index in [0.29, 0.717) is 18.1 Å². The van der Waals surface area contributed by atoms with Gasteiger partial charge in [-0.1, -0.05) is 25.7 Å². The van der Waals surface area contributed by atoms with Crippen LogP contribution in [0, 0.1) is 0 Å². The molecule has 1 aliphatic carbocycles. The van der Waals surface area contributed by atoms with Gasteiger partial charge in [-0.3, -0.25) is 4.79 Å². The number of hydrogen-bond donors (Lipinski definition) is 0. The Morgan fingerprint density at radius 3 is 2.27 bits per heavy atom. The van der Waals surface area contributed by atoms with Crippen molar-refractivity contribution in [1.82, 2.24) is 9.80 Å². The SMILES string of the molecule is O=C1CCCN1C1CCN(CCOC2CCCCCC2)CC1. The minimum atomic E-state index is 0.384. The lowest BCUT2D eigenvalue weighted by Gasteiger charge is -2.36. The topological polar surface area (TPSA) is 32.8 Å². The molecule has 0 aromatic heterocycles. The number of nitrogens with zero attached hydrogens (tertiary/aromatic N) is 2. The molecule has 0 spiro atoms. The summed E-state index contributed by atoms with van der Waals surface area (Å²) in [5, 5.41) is 0. The number of hydrogen-bond acceptors (Lipinski definition) is 3. The van der Waals surface area contributed by atoms with Crippen molar-refractivity contribution in [2.75, 3.05) is 32.8 Å². The summed E-state index contributed by atoms with van der Waals surface area (Å²) in [6.07, 6.45) is 12.7. The molecule has 4 heteroatoms. The molecule has 0 N–H and O–H groups in total. The lowest BCUT2D eigenvalue weighted by atomic mass is 10.0. The molecule has 0 unspecified atom stereocenters. The van der Waals surface area contributed by atoms with Crippen molar-refractivity contribution in [2.45, 2.75) is 76.4 Å². The molecule has 2 aliphatic heterocycles. The van der Waals surface area contributed by atoms with Crippen molar-refractivity contribution in [3.8, 4) is 0 Å². The lowest BCUT2D eigenvalue weighted by Crippen LogP contribution is -2.46. The Morgan fingerprint density at radius 2 is 1.64 bits per heavy atom. The van der Waals surface area contributed by atoms with Crippen LogP contribution in [0.15, 0.2) is 0 Å². The van der Waals surface area contributed by atoms with Gasteiger partial charge in [0.25, 0.3) is 0 Å². The van der Waals surface area contributed by atoms with E-state index in [1.165, 1.54) is 38.5 Å². The third kappa shape index (κ3) is 4.45. The van der Waals surface area contributed by atoms with Gasteiger partial charge in [0, 0.05) is 38.6 Å². The zero-order chi connectivity index (χ0) is 15.2. The van der Waals surface area contributed by atoms with E-state index in [9.17, 15) is 4.79 Å². The van der Waals surface area contributed by atoms with Crippen LogP contribution in [0.4, 0.5) is 0 Å². The van der Waals surface area contributed by atoms with E-state index in [0.717, 1.165) is 58.5 Å². The fourth-order valence-corrected chi connectivity index (χ4v) is 4.27. The van der Waals surface area contributed by atoms with Crippen LogP contribution < -0.4 is 0 Å². The van der Waals surface area contributed by atoms with Crippen LogP contribution in [0.25, 0.3) is 0 Å². The van der Waals surface area contributed by atoms with Gasteiger partial charge in [-0.2, -0.15) is 0 Å². The summed E-state index contributed by atoms with van der Waals surface area (Å²) >= 11 is 0. The molecule has 3 fully saturated rings. The normalized spacial score (nSPS) is 26.5. The first-order chi connectivity index (χ1) is 10.8. The van der Waals surface area contributed by atoms with Crippen LogP contribution in [0.3, 0.4) is 0 Å². The van der Waals surface area contributed by atoms with Crippen LogP contribution in [0.1, 0.15) is 64.2 Å². The quantitative estimate of drug-likeness (QED) is 0.732. The molecule has 1 amide bonds. The highest BCUT2D eigenvalue weighted by molar-refractivity contribution is 5.78. The molecule has 22 heavy (non-hydrogen) atoms. The smallest absolute Gasteiger partial charge is 0.222 e. The zero-order valence-electron chi connectivity index (χ0n) is 14.0. The van der Waals surface area contributed by atoms with Gasteiger partial charge in [-0.05, 0) is 32.1 Å². The largest absolute Gasteiger partial charge is 0.377 e. The molecule has 0 radical (unpaired) electrons. The first-order valence-electron chi connectivity index (χ1n) is 9.46. The summed E-state index contributed by atoms with van der Waals surface area (Å²) in [6.45, 7) is 5.20. The molecule has 1 saturated carbocycles.